The standard InChI is InChI=1S/C35H58N2O2.2ClH/c1-5-9-13-26-36(27-14-10-6-2)32-18-22-34(23-19-32)38-30-17-31-39-35-24-20-33(21-25-35)37(28-15-11-7-3)29-16-12-8-4;;/h18-25H,5-17,26-31H2,1-4H3;2*1H. The van der Waals surface area contributed by atoms with Gasteiger partial charge in [-0.2, -0.15) is 0 Å². The Morgan fingerprint density at radius 3 is 0.976 bits per heavy atom. The van der Waals surface area contributed by atoms with Crippen LogP contribution in [0.1, 0.15) is 111 Å². The Bertz CT molecular complexity index is 744. The van der Waals surface area contributed by atoms with Crippen molar-refractivity contribution in [2.75, 3.05) is 49.2 Å². The third-order valence-electron chi connectivity index (χ3n) is 7.36. The van der Waals surface area contributed by atoms with Gasteiger partial charge in [-0.1, -0.05) is 79.1 Å². The van der Waals surface area contributed by atoms with Crippen LogP contribution in [0, 0.1) is 0 Å². The topological polar surface area (TPSA) is 24.9 Å². The van der Waals surface area contributed by atoms with Crippen LogP contribution in [0.4, 0.5) is 11.4 Å². The average Bonchev–Trinajstić information content (AvgIpc) is 2.96. The molecule has 2 aromatic rings. The maximum absolute atomic E-state index is 6.01. The van der Waals surface area contributed by atoms with E-state index in [-0.39, 0.29) is 24.8 Å². The van der Waals surface area contributed by atoms with Gasteiger partial charge in [0.05, 0.1) is 13.2 Å². The van der Waals surface area contributed by atoms with Crippen LogP contribution in [0.25, 0.3) is 0 Å². The maximum Gasteiger partial charge on any atom is 0.119 e. The van der Waals surface area contributed by atoms with Crippen molar-refractivity contribution >= 4 is 36.2 Å². The second-order valence-corrected chi connectivity index (χ2v) is 10.8. The fourth-order valence-corrected chi connectivity index (χ4v) is 4.90. The summed E-state index contributed by atoms with van der Waals surface area (Å²) in [6.45, 7) is 15.0. The Balaban J connectivity index is 0.00000800. The van der Waals surface area contributed by atoms with E-state index in [4.69, 9.17) is 9.47 Å². The summed E-state index contributed by atoms with van der Waals surface area (Å²) < 4.78 is 12.0. The van der Waals surface area contributed by atoms with E-state index in [1.54, 1.807) is 0 Å². The fraction of sp³-hybridized carbons (Fsp3) is 0.657. The van der Waals surface area contributed by atoms with Gasteiger partial charge in [-0.25, -0.2) is 0 Å². The first kappa shape index (κ1) is 39.2. The number of anilines is 2. The second kappa shape index (κ2) is 25.9. The van der Waals surface area contributed by atoms with Crippen molar-refractivity contribution in [2.45, 2.75) is 111 Å². The molecule has 0 spiro atoms. The predicted octanol–water partition coefficient (Wildman–Crippen LogP) is 10.8. The van der Waals surface area contributed by atoms with Crippen LogP contribution >= 0.6 is 24.8 Å². The zero-order valence-electron chi connectivity index (χ0n) is 26.6. The lowest BCUT2D eigenvalue weighted by molar-refractivity contribution is 0.247. The molecule has 0 atom stereocenters. The van der Waals surface area contributed by atoms with E-state index >= 15 is 0 Å². The lowest BCUT2D eigenvalue weighted by Crippen LogP contribution is -2.25. The third kappa shape index (κ3) is 17.1. The largest absolute Gasteiger partial charge is 0.493 e. The molecule has 0 saturated heterocycles. The number of halogens is 2. The van der Waals surface area contributed by atoms with Gasteiger partial charge in [-0.3, -0.25) is 0 Å². The van der Waals surface area contributed by atoms with Gasteiger partial charge in [-0.05, 0) is 74.2 Å². The van der Waals surface area contributed by atoms with Crippen LogP contribution in [-0.4, -0.2) is 39.4 Å². The molecule has 0 saturated carbocycles. The van der Waals surface area contributed by atoms with E-state index < -0.39 is 0 Å². The van der Waals surface area contributed by atoms with Crippen molar-refractivity contribution < 1.29 is 9.47 Å². The Hall–Kier alpha value is -1.78. The van der Waals surface area contributed by atoms with Gasteiger partial charge in [0.25, 0.3) is 0 Å². The molecule has 0 amide bonds. The molecule has 0 aliphatic heterocycles. The summed E-state index contributed by atoms with van der Waals surface area (Å²) in [5, 5.41) is 0. The molecule has 0 N–H and O–H groups in total. The summed E-state index contributed by atoms with van der Waals surface area (Å²) in [6.07, 6.45) is 16.2. The highest BCUT2D eigenvalue weighted by molar-refractivity contribution is 5.85. The number of ether oxygens (including phenoxy) is 2. The smallest absolute Gasteiger partial charge is 0.119 e. The predicted molar refractivity (Wildman–Crippen MR) is 186 cm³/mol. The molecule has 0 bridgehead atoms. The Morgan fingerprint density at radius 2 is 0.707 bits per heavy atom. The molecule has 0 aromatic heterocycles. The summed E-state index contributed by atoms with van der Waals surface area (Å²) in [7, 11) is 0. The number of rotatable bonds is 24. The highest BCUT2D eigenvalue weighted by Gasteiger charge is 2.08. The first-order valence-corrected chi connectivity index (χ1v) is 16.2. The van der Waals surface area contributed by atoms with Gasteiger partial charge >= 0.3 is 0 Å². The summed E-state index contributed by atoms with van der Waals surface area (Å²) in [4.78, 5) is 5.09. The van der Waals surface area contributed by atoms with Gasteiger partial charge in [0.15, 0.2) is 0 Å². The summed E-state index contributed by atoms with van der Waals surface area (Å²) in [6, 6.07) is 17.4. The van der Waals surface area contributed by atoms with Crippen LogP contribution in [0.15, 0.2) is 48.5 Å². The number of hydrogen-bond donors (Lipinski definition) is 0. The number of benzene rings is 2. The van der Waals surface area contributed by atoms with Crippen LogP contribution in [0.5, 0.6) is 11.5 Å². The van der Waals surface area contributed by atoms with Crippen molar-refractivity contribution in [3.63, 3.8) is 0 Å². The fourth-order valence-electron chi connectivity index (χ4n) is 4.90. The lowest BCUT2D eigenvalue weighted by Gasteiger charge is -2.25. The Kier molecular flexibility index (Phi) is 24.8. The van der Waals surface area contributed by atoms with Crippen molar-refractivity contribution in [1.29, 1.82) is 0 Å². The molecule has 0 aliphatic rings. The number of hydrogen-bond acceptors (Lipinski definition) is 4. The molecule has 236 valence electrons. The minimum atomic E-state index is 0. The summed E-state index contributed by atoms with van der Waals surface area (Å²) in [5.41, 5.74) is 2.63. The molecular weight excluding hydrogens is 551 g/mol. The van der Waals surface area contributed by atoms with E-state index in [2.05, 4.69) is 86.0 Å². The molecule has 6 heteroatoms. The van der Waals surface area contributed by atoms with Crippen LogP contribution in [0.2, 0.25) is 0 Å². The SMILES string of the molecule is CCCCCN(CCCCC)c1ccc(OCCCOc2ccc(N(CCCCC)CCCCC)cc2)cc1.Cl.Cl. The summed E-state index contributed by atoms with van der Waals surface area (Å²) in [5.74, 6) is 1.88. The van der Waals surface area contributed by atoms with Crippen molar-refractivity contribution in [2.24, 2.45) is 0 Å². The van der Waals surface area contributed by atoms with E-state index in [1.165, 1.54) is 88.4 Å². The maximum atomic E-state index is 6.01. The minimum absolute atomic E-state index is 0. The van der Waals surface area contributed by atoms with Crippen LogP contribution in [-0.2, 0) is 0 Å². The quantitative estimate of drug-likeness (QED) is 0.110. The van der Waals surface area contributed by atoms with Crippen molar-refractivity contribution in [1.82, 2.24) is 0 Å². The van der Waals surface area contributed by atoms with Gasteiger partial charge in [-0.15, -0.1) is 24.8 Å². The van der Waals surface area contributed by atoms with Crippen LogP contribution in [0.3, 0.4) is 0 Å². The third-order valence-corrected chi connectivity index (χ3v) is 7.36. The van der Waals surface area contributed by atoms with E-state index in [1.807, 2.05) is 0 Å². The van der Waals surface area contributed by atoms with E-state index in [0.717, 1.165) is 44.1 Å². The molecule has 0 aliphatic carbocycles. The van der Waals surface area contributed by atoms with Gasteiger partial charge < -0.3 is 19.3 Å². The first-order chi connectivity index (χ1) is 19.2. The minimum Gasteiger partial charge on any atom is -0.493 e. The normalized spacial score (nSPS) is 10.4. The highest BCUT2D eigenvalue weighted by Crippen LogP contribution is 2.23. The molecule has 2 aromatic carbocycles. The molecule has 0 radical (unpaired) electrons. The Labute approximate surface area is 265 Å². The first-order valence-electron chi connectivity index (χ1n) is 16.2. The monoisotopic (exact) mass is 610 g/mol. The molecule has 0 fully saturated rings. The molecule has 2 rings (SSSR count). The zero-order chi connectivity index (χ0) is 28.0. The van der Waals surface area contributed by atoms with Crippen LogP contribution < -0.4 is 19.3 Å². The lowest BCUT2D eigenvalue weighted by atomic mass is 10.2. The van der Waals surface area contributed by atoms with Gasteiger partial charge in [0.1, 0.15) is 11.5 Å². The van der Waals surface area contributed by atoms with E-state index in [0.29, 0.717) is 13.2 Å². The zero-order valence-corrected chi connectivity index (χ0v) is 28.2. The van der Waals surface area contributed by atoms with Gasteiger partial charge in [0, 0.05) is 44.0 Å². The summed E-state index contributed by atoms with van der Waals surface area (Å²) >= 11 is 0. The molecule has 0 heterocycles. The molecule has 41 heavy (non-hydrogen) atoms. The van der Waals surface area contributed by atoms with Crippen molar-refractivity contribution in [3.05, 3.63) is 48.5 Å². The second-order valence-electron chi connectivity index (χ2n) is 10.8. The molecular formula is C35H60Cl2N2O2. The van der Waals surface area contributed by atoms with E-state index in [9.17, 15) is 0 Å². The van der Waals surface area contributed by atoms with Gasteiger partial charge in [0.2, 0.25) is 0 Å². The number of unbranched alkanes of at least 4 members (excludes halogenated alkanes) is 8. The molecule has 0 unspecified atom stereocenters. The van der Waals surface area contributed by atoms with Crippen molar-refractivity contribution in [3.8, 4) is 11.5 Å². The number of nitrogens with zero attached hydrogens (tertiary/aromatic N) is 2. The Morgan fingerprint density at radius 1 is 0.415 bits per heavy atom. The molecule has 4 nitrogen and oxygen atoms in total. The average molecular weight is 612 g/mol. The highest BCUT2D eigenvalue weighted by atomic mass is 35.5.